The first-order chi connectivity index (χ1) is 11.5. The molecular formula is C19H29N3O2. The summed E-state index contributed by atoms with van der Waals surface area (Å²) in [5.74, 6) is 0.681. The molecule has 5 nitrogen and oxygen atoms in total. The molecule has 0 aromatic heterocycles. The molecule has 24 heavy (non-hydrogen) atoms. The Bertz CT molecular complexity index is 531. The molecule has 5 heteroatoms. The maximum atomic E-state index is 10.2. The van der Waals surface area contributed by atoms with Crippen LogP contribution >= 0.6 is 0 Å². The Morgan fingerprint density at radius 3 is 2.46 bits per heavy atom. The van der Waals surface area contributed by atoms with Crippen LogP contribution in [0.15, 0.2) is 24.3 Å². The summed E-state index contributed by atoms with van der Waals surface area (Å²) < 4.78 is 5.61. The van der Waals surface area contributed by atoms with Crippen LogP contribution in [0.5, 0.6) is 5.75 Å². The number of ether oxygens (including phenoxy) is 1. The highest BCUT2D eigenvalue weighted by atomic mass is 16.5. The van der Waals surface area contributed by atoms with Crippen molar-refractivity contribution in [2.24, 2.45) is 0 Å². The van der Waals surface area contributed by atoms with E-state index in [0.29, 0.717) is 29.9 Å². The van der Waals surface area contributed by atoms with Crippen molar-refractivity contribution in [2.45, 2.75) is 44.9 Å². The fraction of sp³-hybridized carbons (Fsp3) is 0.632. The summed E-state index contributed by atoms with van der Waals surface area (Å²) in [6.07, 6.45) is 1.78. The van der Waals surface area contributed by atoms with Gasteiger partial charge >= 0.3 is 0 Å². The number of aliphatic hydroxyl groups is 1. The van der Waals surface area contributed by atoms with E-state index in [-0.39, 0.29) is 6.61 Å². The normalized spacial score (nSPS) is 17.9. The highest BCUT2D eigenvalue weighted by molar-refractivity contribution is 5.34. The second-order valence-electron chi connectivity index (χ2n) is 6.90. The highest BCUT2D eigenvalue weighted by Gasteiger charge is 2.24. The molecule has 1 unspecified atom stereocenters. The molecule has 2 rings (SSSR count). The average Bonchev–Trinajstić information content (AvgIpc) is 2.60. The smallest absolute Gasteiger partial charge is 0.119 e. The van der Waals surface area contributed by atoms with E-state index in [1.807, 2.05) is 0 Å². The summed E-state index contributed by atoms with van der Waals surface area (Å²) in [4.78, 5) is 4.76. The van der Waals surface area contributed by atoms with E-state index in [1.54, 1.807) is 24.3 Å². The molecule has 1 atom stereocenters. The fourth-order valence-corrected chi connectivity index (χ4v) is 3.20. The summed E-state index contributed by atoms with van der Waals surface area (Å²) in [5, 5.41) is 19.0. The molecule has 1 fully saturated rings. The lowest BCUT2D eigenvalue weighted by Crippen LogP contribution is -2.47. The van der Waals surface area contributed by atoms with Crippen LogP contribution in [0.2, 0.25) is 0 Å². The van der Waals surface area contributed by atoms with E-state index in [1.165, 1.54) is 0 Å². The Kier molecular flexibility index (Phi) is 7.04. The summed E-state index contributed by atoms with van der Waals surface area (Å²) in [7, 11) is 2.08. The molecule has 132 valence electrons. The molecule has 1 saturated heterocycles. The topological polar surface area (TPSA) is 59.7 Å². The zero-order chi connectivity index (χ0) is 17.5. The van der Waals surface area contributed by atoms with E-state index in [2.05, 4.69) is 36.8 Å². The van der Waals surface area contributed by atoms with E-state index >= 15 is 0 Å². The molecule has 1 N–H and O–H groups in total. The van der Waals surface area contributed by atoms with Gasteiger partial charge in [0.2, 0.25) is 0 Å². The number of piperidine rings is 1. The van der Waals surface area contributed by atoms with Gasteiger partial charge in [-0.1, -0.05) is 0 Å². The molecule has 0 spiro atoms. The zero-order valence-electron chi connectivity index (χ0n) is 15.0. The molecule has 1 aliphatic heterocycles. The van der Waals surface area contributed by atoms with Gasteiger partial charge in [0.05, 0.1) is 11.6 Å². The molecule has 0 saturated carbocycles. The van der Waals surface area contributed by atoms with Crippen molar-refractivity contribution in [2.75, 3.05) is 33.3 Å². The Balaban J connectivity index is 1.71. The maximum absolute atomic E-state index is 10.2. The quantitative estimate of drug-likeness (QED) is 0.829. The van der Waals surface area contributed by atoms with Gasteiger partial charge in [0, 0.05) is 18.6 Å². The minimum atomic E-state index is -0.520. The zero-order valence-corrected chi connectivity index (χ0v) is 15.0. The standard InChI is InChI=1S/C19H29N3O2/c1-15(2)22-10-8-17(9-11-22)21(3)13-18(23)14-24-19-6-4-16(12-20)5-7-19/h4-7,15,17-18,23H,8-11,13-14H2,1-3H3. The van der Waals surface area contributed by atoms with Crippen molar-refractivity contribution in [3.63, 3.8) is 0 Å². The summed E-state index contributed by atoms with van der Waals surface area (Å²) in [5.41, 5.74) is 0.607. The van der Waals surface area contributed by atoms with Gasteiger partial charge < -0.3 is 19.6 Å². The van der Waals surface area contributed by atoms with Crippen molar-refractivity contribution in [3.05, 3.63) is 29.8 Å². The van der Waals surface area contributed by atoms with Gasteiger partial charge in [-0.2, -0.15) is 5.26 Å². The number of nitrogens with zero attached hydrogens (tertiary/aromatic N) is 3. The average molecular weight is 331 g/mol. The van der Waals surface area contributed by atoms with E-state index in [4.69, 9.17) is 10.00 Å². The minimum Gasteiger partial charge on any atom is -0.491 e. The van der Waals surface area contributed by atoms with Crippen LogP contribution in [0.25, 0.3) is 0 Å². The summed E-state index contributed by atoms with van der Waals surface area (Å²) in [6.45, 7) is 7.63. The van der Waals surface area contributed by atoms with Crippen molar-refractivity contribution in [3.8, 4) is 11.8 Å². The van der Waals surface area contributed by atoms with E-state index < -0.39 is 6.10 Å². The Morgan fingerprint density at radius 2 is 1.92 bits per heavy atom. The molecular weight excluding hydrogens is 302 g/mol. The number of nitriles is 1. The number of likely N-dealkylation sites (tertiary alicyclic amines) is 1. The molecule has 0 bridgehead atoms. The lowest BCUT2D eigenvalue weighted by molar-refractivity contribution is 0.0433. The van der Waals surface area contributed by atoms with Crippen LogP contribution in [0, 0.1) is 11.3 Å². The second kappa shape index (κ2) is 9.03. The lowest BCUT2D eigenvalue weighted by Gasteiger charge is -2.39. The van der Waals surface area contributed by atoms with Gasteiger partial charge in [-0.05, 0) is 71.1 Å². The van der Waals surface area contributed by atoms with Crippen molar-refractivity contribution in [1.29, 1.82) is 5.26 Å². The summed E-state index contributed by atoms with van der Waals surface area (Å²) >= 11 is 0. The van der Waals surface area contributed by atoms with Gasteiger partial charge in [-0.15, -0.1) is 0 Å². The lowest BCUT2D eigenvalue weighted by atomic mass is 10.0. The third-order valence-electron chi connectivity index (χ3n) is 4.78. The van der Waals surface area contributed by atoms with E-state index in [0.717, 1.165) is 25.9 Å². The van der Waals surface area contributed by atoms with Crippen molar-refractivity contribution in [1.82, 2.24) is 9.80 Å². The van der Waals surface area contributed by atoms with Crippen LogP contribution in [0.4, 0.5) is 0 Å². The monoisotopic (exact) mass is 331 g/mol. The van der Waals surface area contributed by atoms with Crippen LogP contribution < -0.4 is 4.74 Å². The molecule has 1 aromatic rings. The Hall–Kier alpha value is -1.61. The van der Waals surface area contributed by atoms with Gasteiger partial charge in [-0.3, -0.25) is 0 Å². The fourth-order valence-electron chi connectivity index (χ4n) is 3.20. The number of hydrogen-bond acceptors (Lipinski definition) is 5. The van der Waals surface area contributed by atoms with Crippen LogP contribution in [0.3, 0.4) is 0 Å². The molecule has 0 radical (unpaired) electrons. The third kappa shape index (κ3) is 5.48. The second-order valence-corrected chi connectivity index (χ2v) is 6.90. The summed E-state index contributed by atoms with van der Waals surface area (Å²) in [6, 6.07) is 10.2. The van der Waals surface area contributed by atoms with Gasteiger partial charge in [-0.25, -0.2) is 0 Å². The minimum absolute atomic E-state index is 0.265. The van der Waals surface area contributed by atoms with Crippen LogP contribution in [-0.4, -0.2) is 66.4 Å². The van der Waals surface area contributed by atoms with E-state index in [9.17, 15) is 5.11 Å². The first kappa shape index (κ1) is 18.7. The molecule has 1 heterocycles. The molecule has 1 aromatic carbocycles. The first-order valence-corrected chi connectivity index (χ1v) is 8.75. The SMILES string of the molecule is CC(C)N1CCC(N(C)CC(O)COc2ccc(C#N)cc2)CC1. The number of hydrogen-bond donors (Lipinski definition) is 1. The maximum Gasteiger partial charge on any atom is 0.119 e. The van der Waals surface area contributed by atoms with Crippen molar-refractivity contribution >= 4 is 0 Å². The number of benzene rings is 1. The van der Waals surface area contributed by atoms with Crippen molar-refractivity contribution < 1.29 is 9.84 Å². The molecule has 1 aliphatic rings. The predicted octanol–water partition coefficient (Wildman–Crippen LogP) is 2.10. The molecule has 0 amide bonds. The Morgan fingerprint density at radius 1 is 1.29 bits per heavy atom. The molecule has 0 aliphatic carbocycles. The van der Waals surface area contributed by atoms with Crippen LogP contribution in [0.1, 0.15) is 32.3 Å². The van der Waals surface area contributed by atoms with Gasteiger partial charge in [0.25, 0.3) is 0 Å². The largest absolute Gasteiger partial charge is 0.491 e. The third-order valence-corrected chi connectivity index (χ3v) is 4.78. The first-order valence-electron chi connectivity index (χ1n) is 8.75. The van der Waals surface area contributed by atoms with Gasteiger partial charge in [0.1, 0.15) is 18.5 Å². The number of aliphatic hydroxyl groups excluding tert-OH is 1. The van der Waals surface area contributed by atoms with Gasteiger partial charge in [0.15, 0.2) is 0 Å². The number of likely N-dealkylation sites (N-methyl/N-ethyl adjacent to an activating group) is 1. The predicted molar refractivity (Wildman–Crippen MR) is 95.0 cm³/mol. The number of rotatable bonds is 7. The highest BCUT2D eigenvalue weighted by Crippen LogP contribution is 2.18. The van der Waals surface area contributed by atoms with Crippen LogP contribution in [-0.2, 0) is 0 Å². The Labute approximate surface area is 145 Å².